The molecule has 6 heteroatoms. The van der Waals surface area contributed by atoms with Crippen molar-refractivity contribution in [2.45, 2.75) is 98.8 Å². The highest BCUT2D eigenvalue weighted by Crippen LogP contribution is 2.37. The first kappa shape index (κ1) is 26.1. The molecule has 0 aromatic carbocycles. The lowest BCUT2D eigenvalue weighted by atomic mass is 9.72. The van der Waals surface area contributed by atoms with E-state index in [1.54, 1.807) is 0 Å². The van der Waals surface area contributed by atoms with Gasteiger partial charge in [0.2, 0.25) is 0 Å². The molecule has 0 spiro atoms. The van der Waals surface area contributed by atoms with Crippen LogP contribution in [0.2, 0.25) is 0 Å². The Morgan fingerprint density at radius 3 is 2.13 bits per heavy atom. The number of ether oxygens (including phenoxy) is 1. The molecular weight excluding hydrogens is 390 g/mol. The van der Waals surface area contributed by atoms with Crippen molar-refractivity contribution in [2.75, 3.05) is 39.3 Å². The van der Waals surface area contributed by atoms with Gasteiger partial charge in [-0.25, -0.2) is 4.79 Å². The molecule has 1 unspecified atom stereocenters. The van der Waals surface area contributed by atoms with Crippen LogP contribution in [0.25, 0.3) is 0 Å². The molecule has 0 aliphatic carbocycles. The SMILES string of the molecule is CC(C)CCC(=O)C1(CN2CCN(C(=O)OC(C)(C)C)CC2C)CCN(C(C)C)CC1. The number of piperazine rings is 1. The van der Waals surface area contributed by atoms with E-state index in [1.807, 2.05) is 25.7 Å². The van der Waals surface area contributed by atoms with Gasteiger partial charge in [0.05, 0.1) is 0 Å². The normalized spacial score (nSPS) is 23.4. The molecule has 2 aliphatic rings. The average Bonchev–Trinajstić information content (AvgIpc) is 2.66. The third-order valence-corrected chi connectivity index (χ3v) is 6.95. The van der Waals surface area contributed by atoms with Crippen LogP contribution in [0, 0.1) is 11.3 Å². The summed E-state index contributed by atoms with van der Waals surface area (Å²) >= 11 is 0. The first-order valence-electron chi connectivity index (χ1n) is 12.3. The molecule has 1 atom stereocenters. The highest BCUT2D eigenvalue weighted by molar-refractivity contribution is 5.85. The monoisotopic (exact) mass is 437 g/mol. The molecule has 1 amide bonds. The second-order valence-electron chi connectivity index (χ2n) is 11.5. The van der Waals surface area contributed by atoms with Crippen LogP contribution in [0.5, 0.6) is 0 Å². The summed E-state index contributed by atoms with van der Waals surface area (Å²) in [6, 6.07) is 0.749. The zero-order chi connectivity index (χ0) is 23.4. The summed E-state index contributed by atoms with van der Waals surface area (Å²) < 4.78 is 5.57. The number of piperidine rings is 1. The lowest BCUT2D eigenvalue weighted by Gasteiger charge is -2.48. The maximum absolute atomic E-state index is 13.5. The van der Waals surface area contributed by atoms with Gasteiger partial charge < -0.3 is 14.5 Å². The van der Waals surface area contributed by atoms with Gasteiger partial charge in [-0.2, -0.15) is 0 Å². The number of hydrogen-bond acceptors (Lipinski definition) is 5. The molecule has 2 saturated heterocycles. The van der Waals surface area contributed by atoms with Gasteiger partial charge in [0.15, 0.2) is 0 Å². The molecule has 180 valence electrons. The third-order valence-electron chi connectivity index (χ3n) is 6.95. The summed E-state index contributed by atoms with van der Waals surface area (Å²) in [5.74, 6) is 0.999. The van der Waals surface area contributed by atoms with Gasteiger partial charge in [-0.1, -0.05) is 13.8 Å². The minimum atomic E-state index is -0.477. The summed E-state index contributed by atoms with van der Waals surface area (Å²) in [4.78, 5) is 32.7. The summed E-state index contributed by atoms with van der Waals surface area (Å²) in [5.41, 5.74) is -0.725. The number of Topliss-reactive ketones (excluding diaryl/α,β-unsaturated/α-hetero) is 1. The van der Waals surface area contributed by atoms with E-state index < -0.39 is 5.60 Å². The van der Waals surface area contributed by atoms with Crippen molar-refractivity contribution < 1.29 is 14.3 Å². The van der Waals surface area contributed by atoms with Gasteiger partial charge in [-0.05, 0) is 79.8 Å². The van der Waals surface area contributed by atoms with E-state index in [0.29, 0.717) is 37.3 Å². The zero-order valence-electron chi connectivity index (χ0n) is 21.4. The summed E-state index contributed by atoms with van der Waals surface area (Å²) in [7, 11) is 0. The lowest BCUT2D eigenvalue weighted by molar-refractivity contribution is -0.134. The molecule has 0 aromatic rings. The van der Waals surface area contributed by atoms with E-state index in [1.165, 1.54) is 0 Å². The second kappa shape index (κ2) is 10.7. The molecule has 0 saturated carbocycles. The minimum Gasteiger partial charge on any atom is -0.444 e. The summed E-state index contributed by atoms with van der Waals surface area (Å²) in [6.07, 6.45) is 3.32. The van der Waals surface area contributed by atoms with E-state index in [4.69, 9.17) is 4.74 Å². The standard InChI is InChI=1S/C25H47N3O3/c1-19(2)9-10-22(29)25(11-13-26(14-12-25)20(3)4)18-28-16-15-27(17-21(28)5)23(30)31-24(6,7)8/h19-21H,9-18H2,1-8H3. The Kier molecular flexibility index (Phi) is 8.97. The van der Waals surface area contributed by atoms with Crippen LogP contribution in [0.3, 0.4) is 0 Å². The van der Waals surface area contributed by atoms with E-state index in [9.17, 15) is 9.59 Å². The second-order valence-corrected chi connectivity index (χ2v) is 11.5. The smallest absolute Gasteiger partial charge is 0.410 e. The van der Waals surface area contributed by atoms with Gasteiger partial charge in [0, 0.05) is 50.1 Å². The molecule has 6 nitrogen and oxygen atoms in total. The molecular formula is C25H47N3O3. The Balaban J connectivity index is 2.05. The lowest BCUT2D eigenvalue weighted by Crippen LogP contribution is -2.59. The highest BCUT2D eigenvalue weighted by atomic mass is 16.6. The number of hydrogen-bond donors (Lipinski definition) is 0. The quantitative estimate of drug-likeness (QED) is 0.590. The maximum atomic E-state index is 13.5. The van der Waals surface area contributed by atoms with E-state index in [2.05, 4.69) is 44.4 Å². The molecule has 0 radical (unpaired) electrons. The Labute approximate surface area is 190 Å². The fraction of sp³-hybridized carbons (Fsp3) is 0.920. The fourth-order valence-corrected chi connectivity index (χ4v) is 4.79. The van der Waals surface area contributed by atoms with Crippen molar-refractivity contribution in [1.29, 1.82) is 0 Å². The molecule has 2 heterocycles. The van der Waals surface area contributed by atoms with Crippen LogP contribution in [-0.2, 0) is 9.53 Å². The Hall–Kier alpha value is -1.14. The van der Waals surface area contributed by atoms with Gasteiger partial charge in [0.1, 0.15) is 11.4 Å². The van der Waals surface area contributed by atoms with Crippen molar-refractivity contribution in [1.82, 2.24) is 14.7 Å². The first-order chi connectivity index (χ1) is 14.3. The van der Waals surface area contributed by atoms with E-state index >= 15 is 0 Å². The topological polar surface area (TPSA) is 53.1 Å². The Morgan fingerprint density at radius 2 is 1.65 bits per heavy atom. The average molecular weight is 438 g/mol. The number of rotatable bonds is 7. The van der Waals surface area contributed by atoms with Crippen molar-refractivity contribution in [3.05, 3.63) is 0 Å². The number of ketones is 1. The van der Waals surface area contributed by atoms with Gasteiger partial charge in [-0.3, -0.25) is 9.69 Å². The first-order valence-corrected chi connectivity index (χ1v) is 12.3. The highest BCUT2D eigenvalue weighted by Gasteiger charge is 2.44. The van der Waals surface area contributed by atoms with Crippen LogP contribution in [0.4, 0.5) is 4.79 Å². The summed E-state index contributed by atoms with van der Waals surface area (Å²) in [5, 5.41) is 0. The Bertz CT molecular complexity index is 604. The van der Waals surface area contributed by atoms with Crippen molar-refractivity contribution in [3.63, 3.8) is 0 Å². The number of amides is 1. The molecule has 0 bridgehead atoms. The van der Waals surface area contributed by atoms with Crippen LogP contribution < -0.4 is 0 Å². The van der Waals surface area contributed by atoms with Crippen molar-refractivity contribution in [3.8, 4) is 0 Å². The van der Waals surface area contributed by atoms with Gasteiger partial charge in [0.25, 0.3) is 0 Å². The largest absolute Gasteiger partial charge is 0.444 e. The number of likely N-dealkylation sites (tertiary alicyclic amines) is 1. The molecule has 0 aromatic heterocycles. The Morgan fingerprint density at radius 1 is 1.03 bits per heavy atom. The molecule has 31 heavy (non-hydrogen) atoms. The number of carbonyl (C=O) groups excluding carboxylic acids is 2. The molecule has 2 aliphatic heterocycles. The van der Waals surface area contributed by atoms with Crippen LogP contribution in [0.1, 0.15) is 81.1 Å². The fourth-order valence-electron chi connectivity index (χ4n) is 4.79. The maximum Gasteiger partial charge on any atom is 0.410 e. The molecule has 2 fully saturated rings. The van der Waals surface area contributed by atoms with E-state index in [-0.39, 0.29) is 17.6 Å². The van der Waals surface area contributed by atoms with Crippen molar-refractivity contribution >= 4 is 11.9 Å². The van der Waals surface area contributed by atoms with Crippen LogP contribution in [0.15, 0.2) is 0 Å². The molecule has 0 N–H and O–H groups in total. The predicted octanol–water partition coefficient (Wildman–Crippen LogP) is 4.42. The van der Waals surface area contributed by atoms with E-state index in [0.717, 1.165) is 45.4 Å². The van der Waals surface area contributed by atoms with Crippen LogP contribution in [-0.4, -0.2) is 83.5 Å². The van der Waals surface area contributed by atoms with Gasteiger partial charge in [-0.15, -0.1) is 0 Å². The third kappa shape index (κ3) is 7.45. The predicted molar refractivity (Wildman–Crippen MR) is 126 cm³/mol. The minimum absolute atomic E-state index is 0.221. The molecule has 2 rings (SSSR count). The number of nitrogens with zero attached hydrogens (tertiary/aromatic N) is 3. The van der Waals surface area contributed by atoms with Crippen LogP contribution >= 0.6 is 0 Å². The van der Waals surface area contributed by atoms with Gasteiger partial charge >= 0.3 is 6.09 Å². The summed E-state index contributed by atoms with van der Waals surface area (Å²) in [6.45, 7) is 21.7. The number of carbonyl (C=O) groups is 2. The van der Waals surface area contributed by atoms with Crippen molar-refractivity contribution in [2.24, 2.45) is 11.3 Å². The zero-order valence-corrected chi connectivity index (χ0v) is 21.4.